The SMILES string of the molecule is CCCCP(CCCC)(CCCC)(CCCC)P(O)(O)(Cc1ccccc1)P(CCCC)(CCCC)(CCCC)CCCC. The van der Waals surface area contributed by atoms with E-state index in [0.29, 0.717) is 6.16 Å². The molecular weight excluding hydrogens is 593 g/mol. The number of unbranched alkanes of at least 4 members (excludes halogenated alkanes) is 8. The molecular formula is C39H81O2P3. The molecule has 1 rings (SSSR count). The van der Waals surface area contributed by atoms with E-state index in [4.69, 9.17) is 0 Å². The summed E-state index contributed by atoms with van der Waals surface area (Å²) in [6.45, 7) is 18.8. The molecule has 1 aromatic rings. The predicted molar refractivity (Wildman–Crippen MR) is 214 cm³/mol. The van der Waals surface area contributed by atoms with Gasteiger partial charge in [-0.3, -0.25) is 0 Å². The zero-order chi connectivity index (χ0) is 33.1. The first kappa shape index (κ1) is 42.5. The van der Waals surface area contributed by atoms with Gasteiger partial charge in [0, 0.05) is 0 Å². The maximum atomic E-state index is 15.3. The van der Waals surface area contributed by atoms with Gasteiger partial charge in [-0.1, -0.05) is 0 Å². The van der Waals surface area contributed by atoms with E-state index in [9.17, 15) is 0 Å². The van der Waals surface area contributed by atoms with E-state index >= 15 is 9.79 Å². The van der Waals surface area contributed by atoms with Crippen LogP contribution in [0.4, 0.5) is 0 Å². The van der Waals surface area contributed by atoms with Gasteiger partial charge in [-0.05, 0) is 0 Å². The van der Waals surface area contributed by atoms with Gasteiger partial charge in [-0.2, -0.15) is 0 Å². The minimum atomic E-state index is -4.44. The Morgan fingerprint density at radius 3 is 0.818 bits per heavy atom. The maximum absolute atomic E-state index is 15.3. The van der Waals surface area contributed by atoms with Crippen molar-refractivity contribution in [1.82, 2.24) is 0 Å². The molecule has 44 heavy (non-hydrogen) atoms. The quantitative estimate of drug-likeness (QED) is 0.0869. The van der Waals surface area contributed by atoms with E-state index < -0.39 is 19.0 Å². The van der Waals surface area contributed by atoms with Crippen molar-refractivity contribution in [3.8, 4) is 0 Å². The van der Waals surface area contributed by atoms with Gasteiger partial charge in [0.05, 0.1) is 0 Å². The summed E-state index contributed by atoms with van der Waals surface area (Å²) in [4.78, 5) is 30.5. The fourth-order valence-corrected chi connectivity index (χ4v) is 67.8. The topological polar surface area (TPSA) is 40.5 Å². The van der Waals surface area contributed by atoms with Gasteiger partial charge in [-0.15, -0.1) is 0 Å². The first-order valence-corrected chi connectivity index (χ1v) is 29.3. The Morgan fingerprint density at radius 2 is 0.614 bits per heavy atom. The van der Waals surface area contributed by atoms with E-state index in [1.165, 1.54) is 56.9 Å². The third-order valence-electron chi connectivity index (χ3n) is 12.3. The fraction of sp³-hybridized carbons (Fsp3) is 0.846. The van der Waals surface area contributed by atoms with Gasteiger partial charge in [0.1, 0.15) is 0 Å². The summed E-state index contributed by atoms with van der Waals surface area (Å²) in [6.07, 6.45) is 17.5. The molecule has 0 bridgehead atoms. The Kier molecular flexibility index (Phi) is 18.7. The summed E-state index contributed by atoms with van der Waals surface area (Å²) < 4.78 is 0. The molecule has 0 spiro atoms. The van der Waals surface area contributed by atoms with Crippen molar-refractivity contribution in [2.24, 2.45) is 0 Å². The van der Waals surface area contributed by atoms with Crippen LogP contribution in [0, 0.1) is 0 Å². The summed E-state index contributed by atoms with van der Waals surface area (Å²) in [7, 11) is 0. The zero-order valence-corrected chi connectivity index (χ0v) is 34.0. The normalized spacial score (nSPS) is 15.6. The van der Waals surface area contributed by atoms with Gasteiger partial charge in [0.15, 0.2) is 0 Å². The molecule has 0 radical (unpaired) electrons. The van der Waals surface area contributed by atoms with Crippen LogP contribution in [0.25, 0.3) is 0 Å². The van der Waals surface area contributed by atoms with Crippen LogP contribution in [0.3, 0.4) is 0 Å². The zero-order valence-electron chi connectivity index (χ0n) is 31.3. The first-order valence-electron chi connectivity index (χ1n) is 19.6. The van der Waals surface area contributed by atoms with Crippen LogP contribution in [0.1, 0.15) is 164 Å². The van der Waals surface area contributed by atoms with Crippen LogP contribution in [-0.2, 0) is 6.16 Å². The number of benzene rings is 1. The molecule has 0 atom stereocenters. The molecule has 0 aliphatic heterocycles. The summed E-state index contributed by atoms with van der Waals surface area (Å²) in [6, 6.07) is 11.0. The third-order valence-corrected chi connectivity index (χ3v) is 58.3. The summed E-state index contributed by atoms with van der Waals surface area (Å²) >= 11 is 0. The number of hydrogen-bond acceptors (Lipinski definition) is 2. The van der Waals surface area contributed by atoms with Crippen LogP contribution in [-0.4, -0.2) is 59.1 Å². The molecule has 0 aromatic heterocycles. The van der Waals surface area contributed by atoms with Crippen LogP contribution in [0.2, 0.25) is 0 Å². The Hall–Kier alpha value is 0.430. The van der Waals surface area contributed by atoms with Crippen molar-refractivity contribution in [2.45, 2.75) is 164 Å². The van der Waals surface area contributed by atoms with Crippen LogP contribution in [0.15, 0.2) is 30.3 Å². The van der Waals surface area contributed by atoms with E-state index in [1.54, 1.807) is 0 Å². The van der Waals surface area contributed by atoms with Crippen molar-refractivity contribution in [3.05, 3.63) is 35.9 Å². The standard InChI is InChI=1S/C39H81O2P3/c1-9-17-30-42(31-18-10-2,32-19-11-3,33-20-12-4)44(40,41,38-39-28-26-25-27-29-39)43(34-21-13-5,35-22-14-6,36-23-15-7)37-24-16-8/h25-29,40-41H,9-24,30-38H2,1-8H3. The van der Waals surface area contributed by atoms with Crippen molar-refractivity contribution >= 4 is 19.0 Å². The van der Waals surface area contributed by atoms with Crippen molar-refractivity contribution in [2.75, 3.05) is 49.3 Å². The Labute approximate surface area is 277 Å². The van der Waals surface area contributed by atoms with E-state index in [1.807, 2.05) is 0 Å². The second-order valence-electron chi connectivity index (χ2n) is 15.2. The van der Waals surface area contributed by atoms with E-state index in [2.05, 4.69) is 85.7 Å². The number of hydrogen-bond donors (Lipinski definition) is 2. The third kappa shape index (κ3) is 8.17. The summed E-state index contributed by atoms with van der Waals surface area (Å²) in [5.41, 5.74) is 1.22. The number of rotatable bonds is 28. The van der Waals surface area contributed by atoms with Gasteiger partial charge in [0.2, 0.25) is 0 Å². The minimum absolute atomic E-state index is 0.587. The average Bonchev–Trinajstić information content (AvgIpc) is 3.04. The van der Waals surface area contributed by atoms with Crippen molar-refractivity contribution < 1.29 is 9.79 Å². The molecule has 0 amide bonds. The molecule has 264 valence electrons. The second kappa shape index (κ2) is 19.4. The van der Waals surface area contributed by atoms with Crippen LogP contribution < -0.4 is 0 Å². The van der Waals surface area contributed by atoms with Gasteiger partial charge in [-0.25, -0.2) is 0 Å². The summed E-state index contributed by atoms with van der Waals surface area (Å²) in [5.74, 6) is 0. The fourth-order valence-electron chi connectivity index (χ4n) is 9.52. The van der Waals surface area contributed by atoms with Crippen molar-refractivity contribution in [3.63, 3.8) is 0 Å². The molecule has 2 nitrogen and oxygen atoms in total. The monoisotopic (exact) mass is 675 g/mol. The van der Waals surface area contributed by atoms with Gasteiger partial charge in [0.25, 0.3) is 0 Å². The van der Waals surface area contributed by atoms with Crippen molar-refractivity contribution in [1.29, 1.82) is 0 Å². The molecule has 0 aliphatic rings. The van der Waals surface area contributed by atoms with Crippen LogP contribution in [0.5, 0.6) is 0 Å². The van der Waals surface area contributed by atoms with E-state index in [0.717, 1.165) is 101 Å². The summed E-state index contributed by atoms with van der Waals surface area (Å²) in [5, 5.41) is 0. The van der Waals surface area contributed by atoms with E-state index in [-0.39, 0.29) is 0 Å². The molecule has 0 unspecified atom stereocenters. The molecule has 0 saturated heterocycles. The molecule has 1 aromatic carbocycles. The molecule has 0 heterocycles. The van der Waals surface area contributed by atoms with Crippen LogP contribution >= 0.6 is 19.0 Å². The Balaban J connectivity index is 4.78. The molecule has 0 aliphatic carbocycles. The molecule has 5 heteroatoms. The Morgan fingerprint density at radius 1 is 0.386 bits per heavy atom. The average molecular weight is 675 g/mol. The second-order valence-corrected chi connectivity index (χ2v) is 41.7. The molecule has 2 N–H and O–H groups in total. The molecule has 0 fully saturated rings. The Bertz CT molecular complexity index is 763. The van der Waals surface area contributed by atoms with Gasteiger partial charge >= 0.3 is 278 Å². The molecule has 0 saturated carbocycles. The predicted octanol–water partition coefficient (Wildman–Crippen LogP) is 13.9. The first-order chi connectivity index (χ1) is 21.0. The van der Waals surface area contributed by atoms with Gasteiger partial charge < -0.3 is 0 Å².